The number of rotatable bonds is 6. The summed E-state index contributed by atoms with van der Waals surface area (Å²) in [7, 11) is 0. The fraction of sp³-hybridized carbons (Fsp3) is 0.619. The summed E-state index contributed by atoms with van der Waals surface area (Å²) in [5.74, 6) is 1.45. The zero-order chi connectivity index (χ0) is 17.5. The van der Waals surface area contributed by atoms with Crippen molar-refractivity contribution in [3.63, 3.8) is 0 Å². The zero-order valence-corrected chi connectivity index (χ0v) is 15.1. The molecule has 1 saturated carbocycles. The Labute approximate surface area is 151 Å². The van der Waals surface area contributed by atoms with Crippen molar-refractivity contribution < 1.29 is 9.59 Å². The van der Waals surface area contributed by atoms with E-state index < -0.39 is 0 Å². The molecule has 2 amide bonds. The molecule has 1 aliphatic heterocycles. The van der Waals surface area contributed by atoms with E-state index in [1.807, 2.05) is 23.1 Å². The molecular formula is C21H30N2O2. The van der Waals surface area contributed by atoms with Crippen LogP contribution >= 0.6 is 0 Å². The van der Waals surface area contributed by atoms with Gasteiger partial charge in [-0.3, -0.25) is 9.59 Å². The lowest BCUT2D eigenvalue weighted by molar-refractivity contribution is -0.131. The van der Waals surface area contributed by atoms with Crippen LogP contribution < -0.4 is 5.32 Å². The van der Waals surface area contributed by atoms with Crippen LogP contribution in [0.4, 0.5) is 0 Å². The van der Waals surface area contributed by atoms with E-state index in [4.69, 9.17) is 0 Å². The number of carbonyl (C=O) groups is 2. The van der Waals surface area contributed by atoms with Gasteiger partial charge in [0.15, 0.2) is 0 Å². The molecule has 1 aliphatic carbocycles. The number of benzene rings is 1. The summed E-state index contributed by atoms with van der Waals surface area (Å²) in [6.45, 7) is 2.20. The Balaban J connectivity index is 1.42. The Morgan fingerprint density at radius 3 is 2.56 bits per heavy atom. The molecule has 0 spiro atoms. The van der Waals surface area contributed by atoms with Crippen LogP contribution in [0.1, 0.15) is 56.9 Å². The summed E-state index contributed by atoms with van der Waals surface area (Å²) in [6.07, 6.45) is 8.11. The van der Waals surface area contributed by atoms with E-state index in [1.165, 1.54) is 31.2 Å². The van der Waals surface area contributed by atoms with Crippen LogP contribution in [0.25, 0.3) is 0 Å². The monoisotopic (exact) mass is 342 g/mol. The first-order valence-corrected chi connectivity index (χ1v) is 9.79. The van der Waals surface area contributed by atoms with Gasteiger partial charge in [-0.25, -0.2) is 0 Å². The van der Waals surface area contributed by atoms with Gasteiger partial charge in [0, 0.05) is 32.5 Å². The van der Waals surface area contributed by atoms with Crippen molar-refractivity contribution >= 4 is 11.8 Å². The molecule has 3 rings (SSSR count). The van der Waals surface area contributed by atoms with Gasteiger partial charge in [0.05, 0.1) is 0 Å². The van der Waals surface area contributed by atoms with E-state index in [2.05, 4.69) is 17.4 Å². The maximum atomic E-state index is 12.4. The number of likely N-dealkylation sites (tertiary alicyclic amines) is 1. The topological polar surface area (TPSA) is 49.4 Å². The van der Waals surface area contributed by atoms with Crippen molar-refractivity contribution in [1.82, 2.24) is 10.2 Å². The number of amides is 2. The molecule has 1 aromatic carbocycles. The second kappa shape index (κ2) is 9.02. The van der Waals surface area contributed by atoms with Crippen LogP contribution in [-0.4, -0.2) is 29.8 Å². The quantitative estimate of drug-likeness (QED) is 0.860. The second-order valence-corrected chi connectivity index (χ2v) is 7.65. The van der Waals surface area contributed by atoms with Crippen molar-refractivity contribution in [2.45, 2.75) is 57.9 Å². The molecule has 0 aromatic heterocycles. The van der Waals surface area contributed by atoms with Gasteiger partial charge in [-0.15, -0.1) is 0 Å². The fourth-order valence-electron chi connectivity index (χ4n) is 4.08. The lowest BCUT2D eigenvalue weighted by Crippen LogP contribution is -2.31. The Bertz CT molecular complexity index is 567. The summed E-state index contributed by atoms with van der Waals surface area (Å²) in [4.78, 5) is 26.4. The fourth-order valence-corrected chi connectivity index (χ4v) is 4.08. The summed E-state index contributed by atoms with van der Waals surface area (Å²) < 4.78 is 0. The highest BCUT2D eigenvalue weighted by Gasteiger charge is 2.23. The largest absolute Gasteiger partial charge is 0.356 e. The van der Waals surface area contributed by atoms with E-state index in [1.54, 1.807) is 0 Å². The molecule has 4 nitrogen and oxygen atoms in total. The molecule has 2 fully saturated rings. The minimum Gasteiger partial charge on any atom is -0.356 e. The predicted molar refractivity (Wildman–Crippen MR) is 98.8 cm³/mol. The molecule has 2 aliphatic rings. The van der Waals surface area contributed by atoms with Crippen molar-refractivity contribution in [3.8, 4) is 0 Å². The summed E-state index contributed by atoms with van der Waals surface area (Å²) >= 11 is 0. The van der Waals surface area contributed by atoms with Crippen LogP contribution in [0.15, 0.2) is 30.3 Å². The third kappa shape index (κ3) is 5.58. The van der Waals surface area contributed by atoms with Gasteiger partial charge in [-0.1, -0.05) is 43.2 Å². The van der Waals surface area contributed by atoms with Crippen molar-refractivity contribution in [2.75, 3.05) is 13.1 Å². The Morgan fingerprint density at radius 1 is 1.04 bits per heavy atom. The molecule has 4 heteroatoms. The normalized spacial score (nSPS) is 22.0. The zero-order valence-electron chi connectivity index (χ0n) is 15.1. The average molecular weight is 342 g/mol. The average Bonchev–Trinajstić information content (AvgIpc) is 3.07. The Hall–Kier alpha value is -1.84. The second-order valence-electron chi connectivity index (χ2n) is 7.65. The first kappa shape index (κ1) is 18.0. The third-order valence-electron chi connectivity index (χ3n) is 5.68. The highest BCUT2D eigenvalue weighted by molar-refractivity contribution is 5.77. The number of carbonyl (C=O) groups excluding carboxylic acids is 2. The highest BCUT2D eigenvalue weighted by atomic mass is 16.2. The Kier molecular flexibility index (Phi) is 6.48. The number of nitrogens with zero attached hydrogens (tertiary/aromatic N) is 1. The Morgan fingerprint density at radius 2 is 1.80 bits per heavy atom. The summed E-state index contributed by atoms with van der Waals surface area (Å²) in [5, 5.41) is 3.12. The molecule has 0 radical (unpaired) electrons. The maximum absolute atomic E-state index is 12.4. The van der Waals surface area contributed by atoms with Gasteiger partial charge in [0.2, 0.25) is 11.8 Å². The van der Waals surface area contributed by atoms with Gasteiger partial charge >= 0.3 is 0 Å². The minimum absolute atomic E-state index is 0.198. The van der Waals surface area contributed by atoms with Gasteiger partial charge in [-0.05, 0) is 43.1 Å². The molecule has 1 saturated heterocycles. The summed E-state index contributed by atoms with van der Waals surface area (Å²) in [5.41, 5.74) is 1.18. The third-order valence-corrected chi connectivity index (χ3v) is 5.68. The van der Waals surface area contributed by atoms with E-state index in [0.29, 0.717) is 31.2 Å². The van der Waals surface area contributed by atoms with E-state index in [0.717, 1.165) is 25.9 Å². The first-order valence-electron chi connectivity index (χ1n) is 9.79. The van der Waals surface area contributed by atoms with Crippen molar-refractivity contribution in [3.05, 3.63) is 35.9 Å². The standard InChI is InChI=1S/C21H30N2O2/c24-20(14-17-6-4-5-7-17)22-15-18-10-11-21(25)23(13-12-18)16-19-8-2-1-3-9-19/h1-3,8-9,17-18H,4-7,10-16H2,(H,22,24). The van der Waals surface area contributed by atoms with Crippen molar-refractivity contribution in [1.29, 1.82) is 0 Å². The maximum Gasteiger partial charge on any atom is 0.222 e. The van der Waals surface area contributed by atoms with Crippen LogP contribution in [0.3, 0.4) is 0 Å². The summed E-state index contributed by atoms with van der Waals surface area (Å²) in [6, 6.07) is 10.2. The molecule has 1 N–H and O–H groups in total. The predicted octanol–water partition coefficient (Wildman–Crippen LogP) is 3.51. The van der Waals surface area contributed by atoms with Gasteiger partial charge < -0.3 is 10.2 Å². The number of hydrogen-bond donors (Lipinski definition) is 1. The van der Waals surface area contributed by atoms with Gasteiger partial charge in [0.25, 0.3) is 0 Å². The molecule has 0 bridgehead atoms. The molecule has 1 atom stereocenters. The molecule has 136 valence electrons. The van der Waals surface area contributed by atoms with Gasteiger partial charge in [-0.2, -0.15) is 0 Å². The van der Waals surface area contributed by atoms with E-state index >= 15 is 0 Å². The lowest BCUT2D eigenvalue weighted by Gasteiger charge is -2.21. The van der Waals surface area contributed by atoms with E-state index in [9.17, 15) is 9.59 Å². The van der Waals surface area contributed by atoms with Crippen molar-refractivity contribution in [2.24, 2.45) is 11.8 Å². The van der Waals surface area contributed by atoms with E-state index in [-0.39, 0.29) is 11.8 Å². The lowest BCUT2D eigenvalue weighted by atomic mass is 10.00. The first-order chi connectivity index (χ1) is 12.2. The number of hydrogen-bond acceptors (Lipinski definition) is 2. The minimum atomic E-state index is 0.198. The molecule has 25 heavy (non-hydrogen) atoms. The van der Waals surface area contributed by atoms with Crippen LogP contribution in [0.5, 0.6) is 0 Å². The molecule has 1 unspecified atom stereocenters. The number of nitrogens with one attached hydrogen (secondary N) is 1. The van der Waals surface area contributed by atoms with Crippen LogP contribution in [0.2, 0.25) is 0 Å². The van der Waals surface area contributed by atoms with Crippen LogP contribution in [-0.2, 0) is 16.1 Å². The smallest absolute Gasteiger partial charge is 0.222 e. The van der Waals surface area contributed by atoms with Crippen LogP contribution in [0, 0.1) is 11.8 Å². The highest BCUT2D eigenvalue weighted by Crippen LogP contribution is 2.27. The molecule has 1 heterocycles. The molecular weight excluding hydrogens is 312 g/mol. The molecule has 1 aromatic rings. The van der Waals surface area contributed by atoms with Gasteiger partial charge in [0.1, 0.15) is 0 Å². The SMILES string of the molecule is O=C(CC1CCCC1)NCC1CCC(=O)N(Cc2ccccc2)CC1.